The minimum Gasteiger partial charge on any atom is -0.465 e. The van der Waals surface area contributed by atoms with E-state index in [0.717, 1.165) is 11.1 Å². The van der Waals surface area contributed by atoms with Crippen molar-refractivity contribution in [2.75, 3.05) is 19.8 Å². The van der Waals surface area contributed by atoms with E-state index in [1.54, 1.807) is 21.7 Å². The predicted molar refractivity (Wildman–Crippen MR) is 170 cm³/mol. The van der Waals surface area contributed by atoms with Crippen LogP contribution in [0.25, 0.3) is 11.0 Å². The number of aromatic nitrogens is 3. The molecule has 4 heterocycles. The molecule has 3 saturated heterocycles. The van der Waals surface area contributed by atoms with Gasteiger partial charge in [-0.25, -0.2) is 4.68 Å². The molecular formula is C35H41N5O6. The summed E-state index contributed by atoms with van der Waals surface area (Å²) >= 11 is 0. The zero-order valence-corrected chi connectivity index (χ0v) is 26.2. The van der Waals surface area contributed by atoms with E-state index in [4.69, 9.17) is 9.47 Å². The van der Waals surface area contributed by atoms with E-state index in [-0.39, 0.29) is 38.2 Å². The number of hydrogen-bond donors (Lipinski definition) is 1. The van der Waals surface area contributed by atoms with E-state index < -0.39 is 41.1 Å². The van der Waals surface area contributed by atoms with Crippen LogP contribution in [-0.4, -0.2) is 90.7 Å². The molecule has 3 aliphatic heterocycles. The van der Waals surface area contributed by atoms with Crippen LogP contribution in [0, 0.1) is 11.8 Å². The number of nitrogens with zero attached hydrogens (tertiary/aromatic N) is 5. The van der Waals surface area contributed by atoms with E-state index in [1.807, 2.05) is 61.5 Å². The van der Waals surface area contributed by atoms with Gasteiger partial charge in [-0.3, -0.25) is 14.4 Å². The van der Waals surface area contributed by atoms with Crippen molar-refractivity contribution in [3.63, 3.8) is 0 Å². The Hall–Kier alpha value is -4.35. The second kappa shape index (κ2) is 12.8. The van der Waals surface area contributed by atoms with Gasteiger partial charge in [-0.2, -0.15) is 0 Å². The maximum atomic E-state index is 14.9. The summed E-state index contributed by atoms with van der Waals surface area (Å²) in [6, 6.07) is 15.2. The fourth-order valence-electron chi connectivity index (χ4n) is 7.75. The van der Waals surface area contributed by atoms with Gasteiger partial charge in [0.05, 0.1) is 36.3 Å². The summed E-state index contributed by atoms with van der Waals surface area (Å²) in [6.45, 7) is 9.48. The van der Waals surface area contributed by atoms with Gasteiger partial charge in [-0.15, -0.1) is 18.3 Å². The van der Waals surface area contributed by atoms with Gasteiger partial charge in [0.1, 0.15) is 29.7 Å². The topological polar surface area (TPSA) is 127 Å². The molecule has 3 aliphatic rings. The Labute approximate surface area is 268 Å². The lowest BCUT2D eigenvalue weighted by molar-refractivity contribution is -0.162. The zero-order valence-electron chi connectivity index (χ0n) is 26.2. The first-order valence-corrected chi connectivity index (χ1v) is 15.9. The van der Waals surface area contributed by atoms with E-state index in [1.165, 1.54) is 4.90 Å². The molecule has 1 spiro atoms. The Balaban J connectivity index is 1.40. The third-order valence-corrected chi connectivity index (χ3v) is 9.80. The first-order chi connectivity index (χ1) is 22.3. The number of benzene rings is 2. The molecule has 3 fully saturated rings. The summed E-state index contributed by atoms with van der Waals surface area (Å²) in [4.78, 5) is 46.4. The fourth-order valence-corrected chi connectivity index (χ4v) is 7.75. The van der Waals surface area contributed by atoms with Gasteiger partial charge in [0.25, 0.3) is 0 Å². The Kier molecular flexibility index (Phi) is 8.80. The third-order valence-electron chi connectivity index (χ3n) is 9.80. The van der Waals surface area contributed by atoms with Crippen molar-refractivity contribution < 1.29 is 29.0 Å². The van der Waals surface area contributed by atoms with Crippen LogP contribution in [0.15, 0.2) is 79.9 Å². The lowest BCUT2D eigenvalue weighted by atomic mass is 9.66. The van der Waals surface area contributed by atoms with Crippen LogP contribution < -0.4 is 0 Å². The smallest absolute Gasteiger partial charge is 0.312 e. The van der Waals surface area contributed by atoms with E-state index in [9.17, 15) is 19.5 Å². The summed E-state index contributed by atoms with van der Waals surface area (Å²) < 4.78 is 14.1. The van der Waals surface area contributed by atoms with Gasteiger partial charge >= 0.3 is 5.97 Å². The molecule has 242 valence electrons. The lowest BCUT2D eigenvalue weighted by Gasteiger charge is -2.39. The Bertz CT molecular complexity index is 1630. The van der Waals surface area contributed by atoms with Crippen LogP contribution in [0.1, 0.15) is 38.2 Å². The number of rotatable bonds is 14. The summed E-state index contributed by atoms with van der Waals surface area (Å²) in [5.74, 6) is -3.07. The van der Waals surface area contributed by atoms with Crippen molar-refractivity contribution in [1.29, 1.82) is 0 Å². The van der Waals surface area contributed by atoms with Crippen LogP contribution in [-0.2, 0) is 36.9 Å². The largest absolute Gasteiger partial charge is 0.465 e. The van der Waals surface area contributed by atoms with Crippen molar-refractivity contribution in [1.82, 2.24) is 24.8 Å². The van der Waals surface area contributed by atoms with Gasteiger partial charge < -0.3 is 24.4 Å². The monoisotopic (exact) mass is 627 g/mol. The number of unbranched alkanes of at least 4 members (excludes halogenated alkanes) is 1. The lowest BCUT2D eigenvalue weighted by Crippen LogP contribution is -2.59. The Morgan fingerprint density at radius 2 is 1.91 bits per heavy atom. The summed E-state index contributed by atoms with van der Waals surface area (Å²) in [5.41, 5.74) is 0.0966. The van der Waals surface area contributed by atoms with Crippen molar-refractivity contribution in [2.45, 2.75) is 69.0 Å². The number of likely N-dealkylation sites (tertiary alicyclic amines) is 1. The average molecular weight is 628 g/mol. The number of ether oxygens (including phenoxy) is 2. The number of allylic oxidation sites excluding steroid dienone is 1. The number of aliphatic hydroxyl groups excluding tert-OH is 1. The van der Waals surface area contributed by atoms with Crippen LogP contribution in [0.5, 0.6) is 0 Å². The number of hydrogen-bond acceptors (Lipinski definition) is 8. The van der Waals surface area contributed by atoms with Crippen LogP contribution in [0.4, 0.5) is 0 Å². The second-order valence-electron chi connectivity index (χ2n) is 12.7. The number of aliphatic hydroxyl groups is 1. The SMILES string of the molecule is C=CCCCOC(=O)[C@@H]1[C@H]2C(=O)N([C@@H](CO)Cc3ccccc3)C(C(=O)N(CC=C)Cn3nnc4ccccc43)C23CC[C@@]1(C)O3. The number of amides is 2. The van der Waals surface area contributed by atoms with Crippen molar-refractivity contribution in [3.05, 3.63) is 85.5 Å². The van der Waals surface area contributed by atoms with Gasteiger partial charge in [0.15, 0.2) is 0 Å². The minimum atomic E-state index is -1.28. The quantitative estimate of drug-likeness (QED) is 0.164. The maximum absolute atomic E-state index is 14.9. The van der Waals surface area contributed by atoms with E-state index in [0.29, 0.717) is 37.6 Å². The van der Waals surface area contributed by atoms with Gasteiger partial charge in [0.2, 0.25) is 11.8 Å². The molecule has 2 unspecified atom stereocenters. The summed E-state index contributed by atoms with van der Waals surface area (Å²) in [5, 5.41) is 19.3. The Morgan fingerprint density at radius 3 is 2.65 bits per heavy atom. The normalized spacial score (nSPS) is 27.0. The molecule has 11 nitrogen and oxygen atoms in total. The van der Waals surface area contributed by atoms with Gasteiger partial charge in [-0.05, 0) is 56.7 Å². The molecule has 46 heavy (non-hydrogen) atoms. The summed E-state index contributed by atoms with van der Waals surface area (Å²) in [6.07, 6.45) is 5.91. The highest BCUT2D eigenvalue weighted by molar-refractivity contribution is 5.98. The molecular weight excluding hydrogens is 586 g/mol. The number of fused-ring (bicyclic) bond motifs is 2. The van der Waals surface area contributed by atoms with Gasteiger partial charge in [-0.1, -0.05) is 59.8 Å². The molecule has 6 atom stereocenters. The Morgan fingerprint density at radius 1 is 1.15 bits per heavy atom. The molecule has 6 rings (SSSR count). The molecule has 0 saturated carbocycles. The number of carbonyl (C=O) groups excluding carboxylic acids is 3. The van der Waals surface area contributed by atoms with Crippen molar-refractivity contribution >= 4 is 28.8 Å². The molecule has 1 aromatic heterocycles. The molecule has 0 radical (unpaired) electrons. The molecule has 1 N–H and O–H groups in total. The van der Waals surface area contributed by atoms with Crippen molar-refractivity contribution in [2.24, 2.45) is 11.8 Å². The minimum absolute atomic E-state index is 0.0547. The van der Waals surface area contributed by atoms with E-state index in [2.05, 4.69) is 23.5 Å². The van der Waals surface area contributed by atoms with Gasteiger partial charge in [0, 0.05) is 6.54 Å². The summed E-state index contributed by atoms with van der Waals surface area (Å²) in [7, 11) is 0. The average Bonchev–Trinajstić information content (AvgIpc) is 3.77. The second-order valence-corrected chi connectivity index (χ2v) is 12.7. The molecule has 11 heteroatoms. The van der Waals surface area contributed by atoms with Crippen LogP contribution in [0.3, 0.4) is 0 Å². The number of carbonyl (C=O) groups is 3. The first-order valence-electron chi connectivity index (χ1n) is 15.9. The highest BCUT2D eigenvalue weighted by Crippen LogP contribution is 2.63. The molecule has 0 aliphatic carbocycles. The van der Waals surface area contributed by atoms with Crippen LogP contribution >= 0.6 is 0 Å². The predicted octanol–water partition coefficient (Wildman–Crippen LogP) is 3.28. The molecule has 2 bridgehead atoms. The number of esters is 1. The molecule has 3 aromatic rings. The third kappa shape index (κ3) is 5.31. The first kappa shape index (κ1) is 31.6. The molecule has 2 aromatic carbocycles. The zero-order chi connectivity index (χ0) is 32.5. The number of para-hydroxylation sites is 1. The highest BCUT2D eigenvalue weighted by atomic mass is 16.6. The molecule has 2 amide bonds. The standard InChI is InChI=1S/C35H41N5O6/c1-4-6-12-20-45-33(44)29-28-31(42)40(25(22-41)21-24-13-8-7-9-14-24)30(35(28)18-17-34(29,3)46-35)32(43)38(19-5-2)23-39-27-16-11-10-15-26(27)36-37-39/h4-5,7-11,13-16,25,28-30,41H,1-2,6,12,17-23H2,3H3/t25-,28+,29+,30?,34-,35?/m1/s1. The van der Waals surface area contributed by atoms with Crippen LogP contribution in [0.2, 0.25) is 0 Å². The van der Waals surface area contributed by atoms with E-state index >= 15 is 0 Å². The fraction of sp³-hybridized carbons (Fsp3) is 0.457. The highest BCUT2D eigenvalue weighted by Gasteiger charge is 2.79. The van der Waals surface area contributed by atoms with Crippen molar-refractivity contribution in [3.8, 4) is 0 Å². The maximum Gasteiger partial charge on any atom is 0.312 e.